The van der Waals surface area contributed by atoms with E-state index in [-0.39, 0.29) is 27.9 Å². The average Bonchev–Trinajstić information content (AvgIpc) is 2.79. The number of nitrogens with two attached hydrogens (primary N) is 1. The van der Waals surface area contributed by atoms with Gasteiger partial charge in [-0.05, 0) is 24.5 Å². The van der Waals surface area contributed by atoms with Crippen LogP contribution in [0, 0.1) is 11.7 Å². The molecule has 0 radical (unpaired) electrons. The van der Waals surface area contributed by atoms with E-state index in [2.05, 4.69) is 0 Å². The van der Waals surface area contributed by atoms with Crippen molar-refractivity contribution in [1.29, 1.82) is 0 Å². The minimum Gasteiger partial charge on any atom is -0.326 e. The molecule has 1 aromatic rings. The summed E-state index contributed by atoms with van der Waals surface area (Å²) < 4.78 is 40.3. The van der Waals surface area contributed by atoms with Crippen molar-refractivity contribution in [2.45, 2.75) is 24.8 Å². The minimum absolute atomic E-state index is 0.0919. The van der Waals surface area contributed by atoms with Crippen LogP contribution in [-0.4, -0.2) is 25.8 Å². The van der Waals surface area contributed by atoms with Crippen LogP contribution < -0.4 is 5.73 Å². The Morgan fingerprint density at radius 2 is 2.21 bits per heavy atom. The Kier molecular flexibility index (Phi) is 4.15. The Balaban J connectivity index is 2.49. The Morgan fingerprint density at radius 1 is 1.53 bits per heavy atom. The number of hydrogen-bond acceptors (Lipinski definition) is 3. The van der Waals surface area contributed by atoms with Gasteiger partial charge in [0.1, 0.15) is 10.7 Å². The second-order valence-electron chi connectivity index (χ2n) is 4.84. The van der Waals surface area contributed by atoms with Gasteiger partial charge in [-0.2, -0.15) is 4.31 Å². The van der Waals surface area contributed by atoms with Gasteiger partial charge in [0.2, 0.25) is 10.0 Å². The largest absolute Gasteiger partial charge is 0.326 e. The van der Waals surface area contributed by atoms with E-state index in [0.717, 1.165) is 12.5 Å². The maximum absolute atomic E-state index is 14.2. The molecule has 1 aromatic carbocycles. The van der Waals surface area contributed by atoms with Crippen LogP contribution in [0.5, 0.6) is 0 Å². The first kappa shape index (κ1) is 14.7. The van der Waals surface area contributed by atoms with Crippen LogP contribution in [0.2, 0.25) is 5.02 Å². The molecule has 1 heterocycles. The first-order chi connectivity index (χ1) is 8.86. The normalized spacial score (nSPS) is 20.9. The van der Waals surface area contributed by atoms with Crippen molar-refractivity contribution in [3.8, 4) is 0 Å². The van der Waals surface area contributed by atoms with Gasteiger partial charge in [-0.1, -0.05) is 18.5 Å². The van der Waals surface area contributed by atoms with Gasteiger partial charge >= 0.3 is 0 Å². The maximum Gasteiger partial charge on any atom is 0.246 e. The smallest absolute Gasteiger partial charge is 0.246 e. The number of sulfonamides is 1. The molecule has 0 amide bonds. The molecule has 0 aromatic heterocycles. The molecule has 106 valence electrons. The Labute approximate surface area is 117 Å². The molecular weight excluding hydrogens is 291 g/mol. The molecule has 1 aliphatic rings. The highest BCUT2D eigenvalue weighted by Gasteiger charge is 2.33. The summed E-state index contributed by atoms with van der Waals surface area (Å²) in [5, 5.41) is 0.174. The molecule has 1 aliphatic heterocycles. The van der Waals surface area contributed by atoms with E-state index in [1.165, 1.54) is 10.4 Å². The van der Waals surface area contributed by atoms with Crippen molar-refractivity contribution in [1.82, 2.24) is 4.31 Å². The van der Waals surface area contributed by atoms with Crippen LogP contribution in [0.25, 0.3) is 0 Å². The summed E-state index contributed by atoms with van der Waals surface area (Å²) in [4.78, 5) is -0.380. The summed E-state index contributed by atoms with van der Waals surface area (Å²) in [5.41, 5.74) is 5.51. The van der Waals surface area contributed by atoms with Gasteiger partial charge < -0.3 is 5.73 Å². The zero-order chi connectivity index (χ0) is 14.2. The molecule has 1 saturated heterocycles. The van der Waals surface area contributed by atoms with Gasteiger partial charge in [-0.3, -0.25) is 0 Å². The molecule has 1 unspecified atom stereocenters. The van der Waals surface area contributed by atoms with E-state index >= 15 is 0 Å². The van der Waals surface area contributed by atoms with E-state index in [9.17, 15) is 12.8 Å². The number of rotatable bonds is 3. The third-order valence-electron chi connectivity index (χ3n) is 3.30. The predicted octanol–water partition coefficient (Wildman–Crippen LogP) is 1.97. The number of nitrogens with zero attached hydrogens (tertiary/aromatic N) is 1. The zero-order valence-electron chi connectivity index (χ0n) is 10.6. The first-order valence-corrected chi connectivity index (χ1v) is 7.86. The molecule has 1 fully saturated rings. The third-order valence-corrected chi connectivity index (χ3v) is 5.39. The Hall–Kier alpha value is -0.690. The van der Waals surface area contributed by atoms with Crippen molar-refractivity contribution in [3.63, 3.8) is 0 Å². The minimum atomic E-state index is -3.84. The maximum atomic E-state index is 14.2. The Morgan fingerprint density at radius 3 is 2.74 bits per heavy atom. The van der Waals surface area contributed by atoms with Crippen LogP contribution in [0.1, 0.15) is 18.9 Å². The van der Waals surface area contributed by atoms with Crippen molar-refractivity contribution < 1.29 is 12.8 Å². The van der Waals surface area contributed by atoms with E-state index < -0.39 is 15.8 Å². The molecule has 4 nitrogen and oxygen atoms in total. The fourth-order valence-electron chi connectivity index (χ4n) is 2.21. The van der Waals surface area contributed by atoms with Gasteiger partial charge in [-0.25, -0.2) is 12.8 Å². The molecule has 0 saturated carbocycles. The molecule has 2 N–H and O–H groups in total. The lowest BCUT2D eigenvalue weighted by Crippen LogP contribution is -2.29. The average molecular weight is 307 g/mol. The van der Waals surface area contributed by atoms with Gasteiger partial charge in [0.15, 0.2) is 0 Å². The summed E-state index contributed by atoms with van der Waals surface area (Å²) in [6.07, 6.45) is 0.783. The zero-order valence-corrected chi connectivity index (χ0v) is 12.1. The van der Waals surface area contributed by atoms with Crippen molar-refractivity contribution in [3.05, 3.63) is 28.5 Å². The second kappa shape index (κ2) is 5.36. The predicted molar refractivity (Wildman–Crippen MR) is 71.8 cm³/mol. The number of halogens is 2. The van der Waals surface area contributed by atoms with Gasteiger partial charge in [0.25, 0.3) is 0 Å². The lowest BCUT2D eigenvalue weighted by atomic mass is 10.2. The number of benzene rings is 1. The highest BCUT2D eigenvalue weighted by atomic mass is 35.5. The molecular formula is C12H16ClFN2O2S. The van der Waals surface area contributed by atoms with Crippen molar-refractivity contribution in [2.75, 3.05) is 13.1 Å². The van der Waals surface area contributed by atoms with Gasteiger partial charge in [0, 0.05) is 30.2 Å². The molecule has 0 bridgehead atoms. The summed E-state index contributed by atoms with van der Waals surface area (Å²) in [5.74, 6) is -0.516. The molecule has 1 atom stereocenters. The van der Waals surface area contributed by atoms with Crippen LogP contribution >= 0.6 is 11.6 Å². The highest BCUT2D eigenvalue weighted by Crippen LogP contribution is 2.29. The van der Waals surface area contributed by atoms with Gasteiger partial charge in [-0.15, -0.1) is 0 Å². The van der Waals surface area contributed by atoms with E-state index in [0.29, 0.717) is 13.1 Å². The second-order valence-corrected chi connectivity index (χ2v) is 7.18. The SMILES string of the molecule is CC1CCN(S(=O)(=O)c2cc(Cl)cc(CN)c2F)C1. The lowest BCUT2D eigenvalue weighted by Gasteiger charge is -2.17. The molecule has 19 heavy (non-hydrogen) atoms. The molecule has 0 spiro atoms. The number of hydrogen-bond donors (Lipinski definition) is 1. The molecule has 0 aliphatic carbocycles. The van der Waals surface area contributed by atoms with E-state index in [1.54, 1.807) is 0 Å². The summed E-state index contributed by atoms with van der Waals surface area (Å²) in [6.45, 7) is 2.69. The summed E-state index contributed by atoms with van der Waals surface area (Å²) in [7, 11) is -3.84. The topological polar surface area (TPSA) is 63.4 Å². The van der Waals surface area contributed by atoms with Crippen LogP contribution in [0.15, 0.2) is 17.0 Å². The van der Waals surface area contributed by atoms with E-state index in [1.807, 2.05) is 6.92 Å². The van der Waals surface area contributed by atoms with Crippen molar-refractivity contribution in [2.24, 2.45) is 11.7 Å². The van der Waals surface area contributed by atoms with Crippen molar-refractivity contribution >= 4 is 21.6 Å². The summed E-state index contributed by atoms with van der Waals surface area (Å²) in [6, 6.07) is 2.50. The molecule has 2 rings (SSSR count). The quantitative estimate of drug-likeness (QED) is 0.928. The Bertz CT molecular complexity index is 592. The summed E-state index contributed by atoms with van der Waals surface area (Å²) >= 11 is 5.84. The third kappa shape index (κ3) is 2.76. The van der Waals surface area contributed by atoms with Gasteiger partial charge in [0.05, 0.1) is 0 Å². The van der Waals surface area contributed by atoms with Crippen LogP contribution in [0.3, 0.4) is 0 Å². The highest BCUT2D eigenvalue weighted by molar-refractivity contribution is 7.89. The van der Waals surface area contributed by atoms with E-state index in [4.69, 9.17) is 17.3 Å². The fourth-order valence-corrected chi connectivity index (χ4v) is 4.22. The van der Waals surface area contributed by atoms with Crippen LogP contribution in [-0.2, 0) is 16.6 Å². The fraction of sp³-hybridized carbons (Fsp3) is 0.500. The standard InChI is InChI=1S/C12H16ClFN2O2S/c1-8-2-3-16(7-8)19(17,18)11-5-10(13)4-9(6-15)12(11)14/h4-5,8H,2-3,6-7,15H2,1H3. The monoisotopic (exact) mass is 306 g/mol. The van der Waals surface area contributed by atoms with Crippen LogP contribution in [0.4, 0.5) is 4.39 Å². The lowest BCUT2D eigenvalue weighted by molar-refractivity contribution is 0.457. The first-order valence-electron chi connectivity index (χ1n) is 6.04. The molecule has 7 heteroatoms.